The number of imidazole rings is 2. The maximum Gasteiger partial charge on any atom is 0.231 e. The molecule has 3 heterocycles. The molecule has 26 heavy (non-hydrogen) atoms. The highest BCUT2D eigenvalue weighted by molar-refractivity contribution is 6.42. The molecule has 0 unspecified atom stereocenters. The van der Waals surface area contributed by atoms with E-state index >= 15 is 0 Å². The maximum atomic E-state index is 6.13. The van der Waals surface area contributed by atoms with Crippen LogP contribution in [0.3, 0.4) is 0 Å². The molecule has 0 N–H and O–H groups in total. The zero-order chi connectivity index (χ0) is 17.8. The number of benzene rings is 2. The van der Waals surface area contributed by atoms with Crippen LogP contribution >= 0.6 is 23.2 Å². The van der Waals surface area contributed by atoms with Crippen LogP contribution < -0.4 is 9.47 Å². The fourth-order valence-electron chi connectivity index (χ4n) is 3.17. The fraction of sp³-hybridized carbons (Fsp3) is 0.105. The van der Waals surface area contributed by atoms with Gasteiger partial charge in [-0.1, -0.05) is 29.3 Å². The van der Waals surface area contributed by atoms with Crippen molar-refractivity contribution >= 4 is 29.0 Å². The van der Waals surface area contributed by atoms with Crippen LogP contribution in [0.25, 0.3) is 28.3 Å². The number of hydrogen-bond donors (Lipinski definition) is 0. The molecule has 0 aliphatic carbocycles. The van der Waals surface area contributed by atoms with Crippen LogP contribution in [0.1, 0.15) is 0 Å². The lowest BCUT2D eigenvalue weighted by Crippen LogP contribution is -1.93. The molecule has 4 aromatic rings. The number of nitrogens with zero attached hydrogens (tertiary/aromatic N) is 3. The minimum absolute atomic E-state index is 0.266. The SMILES string of the molecule is Cn1c(-c2ccc3c(c2)OCO3)cn2cc(-c3ccc(Cl)c(Cl)c3)nc12. The standard InChI is InChI=1S/C19H13Cl2N3O2/c1-23-16(12-3-5-17-18(7-12)26-10-25-17)9-24-8-15(22-19(23)24)11-2-4-13(20)14(21)6-11/h2-9H,10H2,1H3. The van der Waals surface area contributed by atoms with Crippen molar-refractivity contribution in [1.29, 1.82) is 0 Å². The Kier molecular flexibility index (Phi) is 3.42. The number of aromatic nitrogens is 3. The quantitative estimate of drug-likeness (QED) is 0.485. The lowest BCUT2D eigenvalue weighted by Gasteiger charge is -2.04. The highest BCUT2D eigenvalue weighted by Gasteiger charge is 2.17. The van der Waals surface area contributed by atoms with E-state index in [1.165, 1.54) is 0 Å². The summed E-state index contributed by atoms with van der Waals surface area (Å²) in [6, 6.07) is 11.4. The van der Waals surface area contributed by atoms with Crippen molar-refractivity contribution in [2.45, 2.75) is 0 Å². The first kappa shape index (κ1) is 15.6. The summed E-state index contributed by atoms with van der Waals surface area (Å²) in [5.41, 5.74) is 3.84. The van der Waals surface area contributed by atoms with Crippen molar-refractivity contribution in [3.63, 3.8) is 0 Å². The van der Waals surface area contributed by atoms with Crippen LogP contribution in [0.2, 0.25) is 10.0 Å². The highest BCUT2D eigenvalue weighted by Crippen LogP contribution is 2.36. The molecular formula is C19H13Cl2N3O2. The summed E-state index contributed by atoms with van der Waals surface area (Å²) >= 11 is 12.1. The Labute approximate surface area is 159 Å². The van der Waals surface area contributed by atoms with Crippen molar-refractivity contribution in [3.8, 4) is 34.0 Å². The molecule has 0 saturated heterocycles. The van der Waals surface area contributed by atoms with Crippen LogP contribution in [0.15, 0.2) is 48.8 Å². The molecule has 0 saturated carbocycles. The summed E-state index contributed by atoms with van der Waals surface area (Å²) in [5.74, 6) is 2.37. The van der Waals surface area contributed by atoms with Crippen molar-refractivity contribution in [3.05, 3.63) is 58.8 Å². The summed E-state index contributed by atoms with van der Waals surface area (Å²) < 4.78 is 14.9. The summed E-state index contributed by atoms with van der Waals surface area (Å²) in [5, 5.41) is 1.05. The molecule has 0 radical (unpaired) electrons. The third kappa shape index (κ3) is 2.35. The van der Waals surface area contributed by atoms with Crippen LogP contribution in [-0.2, 0) is 7.05 Å². The van der Waals surface area contributed by atoms with Gasteiger partial charge in [0.2, 0.25) is 12.6 Å². The summed E-state index contributed by atoms with van der Waals surface area (Å²) in [7, 11) is 1.99. The summed E-state index contributed by atoms with van der Waals surface area (Å²) in [6.45, 7) is 0.266. The zero-order valence-electron chi connectivity index (χ0n) is 13.7. The number of rotatable bonds is 2. The van der Waals surface area contributed by atoms with E-state index in [-0.39, 0.29) is 6.79 Å². The first-order valence-electron chi connectivity index (χ1n) is 8.00. The van der Waals surface area contributed by atoms with E-state index < -0.39 is 0 Å². The normalized spacial score (nSPS) is 12.9. The van der Waals surface area contributed by atoms with E-state index in [9.17, 15) is 0 Å². The van der Waals surface area contributed by atoms with Crippen LogP contribution in [0.5, 0.6) is 11.5 Å². The molecule has 2 aromatic carbocycles. The Morgan fingerprint density at radius 3 is 2.54 bits per heavy atom. The number of ether oxygens (including phenoxy) is 2. The molecule has 1 aliphatic rings. The average Bonchev–Trinajstić information content (AvgIpc) is 3.33. The lowest BCUT2D eigenvalue weighted by atomic mass is 10.1. The molecule has 0 fully saturated rings. The van der Waals surface area contributed by atoms with Gasteiger partial charge in [0, 0.05) is 30.6 Å². The predicted molar refractivity (Wildman–Crippen MR) is 101 cm³/mol. The van der Waals surface area contributed by atoms with Gasteiger partial charge >= 0.3 is 0 Å². The lowest BCUT2D eigenvalue weighted by molar-refractivity contribution is 0.174. The first-order chi connectivity index (χ1) is 12.6. The van der Waals surface area contributed by atoms with Gasteiger partial charge in [0.1, 0.15) is 0 Å². The van der Waals surface area contributed by atoms with E-state index in [4.69, 9.17) is 37.7 Å². The van der Waals surface area contributed by atoms with E-state index in [0.717, 1.165) is 39.8 Å². The minimum atomic E-state index is 0.266. The van der Waals surface area contributed by atoms with Gasteiger partial charge in [-0.05, 0) is 30.3 Å². The van der Waals surface area contributed by atoms with Crippen LogP contribution in [0, 0.1) is 0 Å². The van der Waals surface area contributed by atoms with E-state index in [1.807, 2.05) is 58.7 Å². The molecule has 0 atom stereocenters. The molecule has 1 aliphatic heterocycles. The van der Waals surface area contributed by atoms with Gasteiger partial charge in [-0.3, -0.25) is 4.40 Å². The van der Waals surface area contributed by atoms with Crippen LogP contribution in [0.4, 0.5) is 0 Å². The molecule has 0 bridgehead atoms. The third-order valence-corrected chi connectivity index (χ3v) is 5.26. The van der Waals surface area contributed by atoms with Crippen molar-refractivity contribution in [1.82, 2.24) is 14.0 Å². The van der Waals surface area contributed by atoms with E-state index in [0.29, 0.717) is 10.0 Å². The van der Waals surface area contributed by atoms with Crippen LogP contribution in [-0.4, -0.2) is 20.7 Å². The Bertz CT molecular complexity index is 1160. The zero-order valence-corrected chi connectivity index (χ0v) is 15.3. The van der Waals surface area contributed by atoms with E-state index in [1.54, 1.807) is 6.07 Å². The molecule has 0 spiro atoms. The third-order valence-electron chi connectivity index (χ3n) is 4.52. The highest BCUT2D eigenvalue weighted by atomic mass is 35.5. The smallest absolute Gasteiger partial charge is 0.231 e. The monoisotopic (exact) mass is 385 g/mol. The number of fused-ring (bicyclic) bond motifs is 2. The van der Waals surface area contributed by atoms with Crippen molar-refractivity contribution in [2.24, 2.45) is 7.05 Å². The Morgan fingerprint density at radius 2 is 1.73 bits per heavy atom. The van der Waals surface area contributed by atoms with Gasteiger partial charge in [-0.25, -0.2) is 4.98 Å². The number of hydrogen-bond acceptors (Lipinski definition) is 3. The Morgan fingerprint density at radius 1 is 0.923 bits per heavy atom. The first-order valence-corrected chi connectivity index (χ1v) is 8.75. The molecule has 7 heteroatoms. The van der Waals surface area contributed by atoms with Gasteiger partial charge in [0.25, 0.3) is 0 Å². The second-order valence-corrected chi connectivity index (χ2v) is 6.92. The molecule has 0 amide bonds. The van der Waals surface area contributed by atoms with Gasteiger partial charge in [0.15, 0.2) is 11.5 Å². The van der Waals surface area contributed by atoms with Crippen molar-refractivity contribution in [2.75, 3.05) is 6.79 Å². The Balaban J connectivity index is 1.58. The second kappa shape index (κ2) is 5.69. The number of halogens is 2. The second-order valence-electron chi connectivity index (χ2n) is 6.10. The fourth-order valence-corrected chi connectivity index (χ4v) is 3.47. The van der Waals surface area contributed by atoms with Gasteiger partial charge in [-0.15, -0.1) is 0 Å². The van der Waals surface area contributed by atoms with Gasteiger partial charge in [-0.2, -0.15) is 0 Å². The molecule has 2 aromatic heterocycles. The Hall–Kier alpha value is -2.63. The largest absolute Gasteiger partial charge is 0.454 e. The van der Waals surface area contributed by atoms with E-state index in [2.05, 4.69) is 0 Å². The molecule has 5 rings (SSSR count). The molecule has 5 nitrogen and oxygen atoms in total. The minimum Gasteiger partial charge on any atom is -0.454 e. The molecule has 130 valence electrons. The van der Waals surface area contributed by atoms with Gasteiger partial charge < -0.3 is 14.0 Å². The molecular weight excluding hydrogens is 373 g/mol. The summed E-state index contributed by atoms with van der Waals surface area (Å²) in [4.78, 5) is 4.74. The van der Waals surface area contributed by atoms with Gasteiger partial charge in [0.05, 0.1) is 21.4 Å². The predicted octanol–water partition coefficient (Wildman–Crippen LogP) is 5.04. The topological polar surface area (TPSA) is 40.7 Å². The summed E-state index contributed by atoms with van der Waals surface area (Å²) in [6.07, 6.45) is 4.02. The number of aryl methyl sites for hydroxylation is 1. The van der Waals surface area contributed by atoms with Crippen molar-refractivity contribution < 1.29 is 9.47 Å². The average molecular weight is 386 g/mol. The maximum absolute atomic E-state index is 6.13.